The Morgan fingerprint density at radius 3 is 2.50 bits per heavy atom. The Hall–Kier alpha value is -0.780. The van der Waals surface area contributed by atoms with Gasteiger partial charge in [0.15, 0.2) is 0 Å². The topological polar surface area (TPSA) is 0 Å². The molecule has 1 aliphatic rings. The van der Waals surface area contributed by atoms with E-state index in [1.165, 1.54) is 32.1 Å². The summed E-state index contributed by atoms with van der Waals surface area (Å²) in [6, 6.07) is 0. The molecule has 0 fully saturated rings. The molecule has 0 bridgehead atoms. The summed E-state index contributed by atoms with van der Waals surface area (Å²) in [5.74, 6) is 0. The van der Waals surface area contributed by atoms with Gasteiger partial charge in [0.05, 0.1) is 0 Å². The summed E-state index contributed by atoms with van der Waals surface area (Å²) < 4.78 is 0. The van der Waals surface area contributed by atoms with Gasteiger partial charge in [-0.2, -0.15) is 0 Å². The van der Waals surface area contributed by atoms with Gasteiger partial charge in [-0.15, -0.1) is 0 Å². The molecule has 0 unspecified atom stereocenters. The largest absolute Gasteiger partial charge is 0.0885 e. The minimum Gasteiger partial charge on any atom is -0.0885 e. The van der Waals surface area contributed by atoms with Gasteiger partial charge < -0.3 is 0 Å². The van der Waals surface area contributed by atoms with Gasteiger partial charge in [-0.3, -0.25) is 0 Å². The Kier molecular flexibility index (Phi) is 5.35. The van der Waals surface area contributed by atoms with Crippen molar-refractivity contribution in [3.05, 3.63) is 36.5 Å². The molecule has 0 saturated heterocycles. The van der Waals surface area contributed by atoms with Crippen LogP contribution in [0.5, 0.6) is 0 Å². The first kappa shape index (κ1) is 9.31. The van der Waals surface area contributed by atoms with E-state index in [4.69, 9.17) is 0 Å². The second-order valence-electron chi connectivity index (χ2n) is 3.09. The van der Waals surface area contributed by atoms with Crippen molar-refractivity contribution in [3.8, 4) is 0 Å². The van der Waals surface area contributed by atoms with Gasteiger partial charge in [0.25, 0.3) is 0 Å². The van der Waals surface area contributed by atoms with Crippen LogP contribution in [0.2, 0.25) is 0 Å². The van der Waals surface area contributed by atoms with Gasteiger partial charge in [0.1, 0.15) is 0 Å². The van der Waals surface area contributed by atoms with Gasteiger partial charge >= 0.3 is 0 Å². The second kappa shape index (κ2) is 6.90. The Balaban J connectivity index is 2.30. The fourth-order valence-corrected chi connectivity index (χ4v) is 1.23. The zero-order chi connectivity index (χ0) is 8.49. The van der Waals surface area contributed by atoms with Crippen molar-refractivity contribution in [1.29, 1.82) is 0 Å². The van der Waals surface area contributed by atoms with E-state index >= 15 is 0 Å². The number of rotatable bonds is 0. The first-order valence-electron chi connectivity index (χ1n) is 4.87. The number of hydrogen-bond acceptors (Lipinski definition) is 0. The average molecular weight is 161 g/mol. The number of allylic oxidation sites excluding steroid dienone is 6. The van der Waals surface area contributed by atoms with E-state index in [1.807, 2.05) is 6.08 Å². The van der Waals surface area contributed by atoms with E-state index in [0.717, 1.165) is 6.42 Å². The van der Waals surface area contributed by atoms with E-state index in [2.05, 4.69) is 30.4 Å². The monoisotopic (exact) mass is 161 g/mol. The van der Waals surface area contributed by atoms with E-state index in [-0.39, 0.29) is 0 Å². The summed E-state index contributed by atoms with van der Waals surface area (Å²) in [6.45, 7) is 0. The summed E-state index contributed by atoms with van der Waals surface area (Å²) >= 11 is 0. The first-order valence-corrected chi connectivity index (χ1v) is 4.87. The normalized spacial score (nSPS) is 28.0. The lowest BCUT2D eigenvalue weighted by Gasteiger charge is -1.93. The van der Waals surface area contributed by atoms with Crippen molar-refractivity contribution >= 4 is 0 Å². The van der Waals surface area contributed by atoms with E-state index in [0.29, 0.717) is 0 Å². The van der Waals surface area contributed by atoms with Crippen LogP contribution in [0, 0.1) is 6.08 Å². The fraction of sp³-hybridized carbons (Fsp3) is 0.500. The Morgan fingerprint density at radius 2 is 1.58 bits per heavy atom. The van der Waals surface area contributed by atoms with E-state index < -0.39 is 0 Å². The van der Waals surface area contributed by atoms with Crippen LogP contribution in [0.15, 0.2) is 30.4 Å². The lowest BCUT2D eigenvalue weighted by Crippen LogP contribution is -1.73. The van der Waals surface area contributed by atoms with Crippen LogP contribution in [0.4, 0.5) is 0 Å². The third kappa shape index (κ3) is 4.95. The molecule has 0 nitrogen and oxygen atoms in total. The lowest BCUT2D eigenvalue weighted by molar-refractivity contribution is 0.831. The molecule has 0 heteroatoms. The van der Waals surface area contributed by atoms with Crippen molar-refractivity contribution in [1.82, 2.24) is 0 Å². The Bertz CT molecular complexity index is 152. The molecular formula is C12H17. The third-order valence-electron chi connectivity index (χ3n) is 1.95. The highest BCUT2D eigenvalue weighted by Gasteiger charge is 1.84. The third-order valence-corrected chi connectivity index (χ3v) is 1.95. The molecule has 1 radical (unpaired) electrons. The van der Waals surface area contributed by atoms with Crippen LogP contribution >= 0.6 is 0 Å². The summed E-state index contributed by atoms with van der Waals surface area (Å²) in [6.07, 6.45) is 21.5. The minimum atomic E-state index is 1.09. The summed E-state index contributed by atoms with van der Waals surface area (Å²) in [4.78, 5) is 0. The highest BCUT2D eigenvalue weighted by atomic mass is 13.9. The maximum atomic E-state index is 3.26. The first-order chi connectivity index (χ1) is 6.00. The zero-order valence-electron chi connectivity index (χ0n) is 7.63. The van der Waals surface area contributed by atoms with Crippen molar-refractivity contribution in [2.45, 2.75) is 38.5 Å². The summed E-state index contributed by atoms with van der Waals surface area (Å²) in [5.41, 5.74) is 0. The molecular weight excluding hydrogens is 144 g/mol. The smallest absolute Gasteiger partial charge is 0.0273 e. The standard InChI is InChI=1S/C12H17/c1-2-4-6-8-10-12-11-9-7-5-3-1/h1-3,10,12H,4,6-9,11H2/b2-1+,5-3?,12-10-. The summed E-state index contributed by atoms with van der Waals surface area (Å²) in [7, 11) is 0. The van der Waals surface area contributed by atoms with Gasteiger partial charge in [0, 0.05) is 0 Å². The molecule has 0 saturated carbocycles. The van der Waals surface area contributed by atoms with Gasteiger partial charge in [-0.05, 0) is 44.6 Å². The second-order valence-corrected chi connectivity index (χ2v) is 3.09. The molecule has 0 aromatic rings. The molecule has 0 N–H and O–H groups in total. The molecule has 12 heavy (non-hydrogen) atoms. The van der Waals surface area contributed by atoms with Crippen molar-refractivity contribution in [3.63, 3.8) is 0 Å². The molecule has 0 amide bonds. The lowest BCUT2D eigenvalue weighted by atomic mass is 10.1. The van der Waals surface area contributed by atoms with Gasteiger partial charge in [-0.1, -0.05) is 30.4 Å². The van der Waals surface area contributed by atoms with E-state index in [1.54, 1.807) is 0 Å². The molecule has 0 aromatic heterocycles. The average Bonchev–Trinajstić information content (AvgIpc) is 2.05. The highest BCUT2D eigenvalue weighted by Crippen LogP contribution is 2.03. The fourth-order valence-electron chi connectivity index (χ4n) is 1.23. The van der Waals surface area contributed by atoms with Gasteiger partial charge in [-0.25, -0.2) is 0 Å². The quantitative estimate of drug-likeness (QED) is 0.474. The van der Waals surface area contributed by atoms with Crippen molar-refractivity contribution in [2.24, 2.45) is 0 Å². The maximum absolute atomic E-state index is 3.26. The predicted octanol–water partition coefficient (Wildman–Crippen LogP) is 3.81. The SMILES string of the molecule is [C]1=C\C=C\CCC/C=C\CCC/1. The molecule has 0 heterocycles. The van der Waals surface area contributed by atoms with Crippen LogP contribution in [-0.4, -0.2) is 0 Å². The van der Waals surface area contributed by atoms with Crippen LogP contribution in [-0.2, 0) is 0 Å². The van der Waals surface area contributed by atoms with Crippen LogP contribution in [0.1, 0.15) is 38.5 Å². The van der Waals surface area contributed by atoms with Crippen LogP contribution < -0.4 is 0 Å². The zero-order valence-corrected chi connectivity index (χ0v) is 7.63. The van der Waals surface area contributed by atoms with E-state index in [9.17, 15) is 0 Å². The molecule has 1 rings (SSSR count). The van der Waals surface area contributed by atoms with Crippen molar-refractivity contribution in [2.75, 3.05) is 0 Å². The molecule has 0 spiro atoms. The maximum Gasteiger partial charge on any atom is -0.0273 e. The molecule has 65 valence electrons. The molecule has 0 aliphatic heterocycles. The van der Waals surface area contributed by atoms with Crippen LogP contribution in [0.25, 0.3) is 0 Å². The molecule has 0 aromatic carbocycles. The molecule has 1 aliphatic carbocycles. The van der Waals surface area contributed by atoms with Crippen molar-refractivity contribution < 1.29 is 0 Å². The summed E-state index contributed by atoms with van der Waals surface area (Å²) in [5, 5.41) is 0. The predicted molar refractivity (Wildman–Crippen MR) is 53.8 cm³/mol. The number of hydrogen-bond donors (Lipinski definition) is 0. The van der Waals surface area contributed by atoms with Crippen LogP contribution in [0.3, 0.4) is 0 Å². The highest BCUT2D eigenvalue weighted by molar-refractivity contribution is 4.99. The minimum absolute atomic E-state index is 1.09. The van der Waals surface area contributed by atoms with Gasteiger partial charge in [0.2, 0.25) is 0 Å². The Morgan fingerprint density at radius 1 is 0.833 bits per heavy atom. The Labute approximate surface area is 75.7 Å². The molecule has 0 atom stereocenters.